The molecule has 0 aliphatic carbocycles. The third-order valence-corrected chi connectivity index (χ3v) is 3.19. The molecule has 1 aliphatic rings. The minimum atomic E-state index is 0.292. The highest BCUT2D eigenvalue weighted by Crippen LogP contribution is 2.27. The summed E-state index contributed by atoms with van der Waals surface area (Å²) >= 11 is 0. The molecule has 3 N–H and O–H groups in total. The van der Waals surface area contributed by atoms with Gasteiger partial charge in [-0.2, -0.15) is 5.10 Å². The molecule has 0 amide bonds. The van der Waals surface area contributed by atoms with Gasteiger partial charge in [-0.15, -0.1) is 0 Å². The fourth-order valence-corrected chi connectivity index (χ4v) is 2.23. The molecule has 3 rings (SSSR count). The zero-order valence-electron chi connectivity index (χ0n) is 9.80. The number of rotatable bonds is 2. The van der Waals surface area contributed by atoms with Gasteiger partial charge in [0.2, 0.25) is 0 Å². The van der Waals surface area contributed by atoms with E-state index in [2.05, 4.69) is 15.4 Å². The maximum atomic E-state index is 5.77. The molecule has 1 aliphatic heterocycles. The number of imidazole rings is 1. The topological polar surface area (TPSA) is 73.7 Å². The smallest absolute Gasteiger partial charge is 0.160 e. The first-order chi connectivity index (χ1) is 8.29. The molecule has 17 heavy (non-hydrogen) atoms. The van der Waals surface area contributed by atoms with Gasteiger partial charge in [-0.1, -0.05) is 0 Å². The third-order valence-electron chi connectivity index (χ3n) is 3.19. The molecule has 0 spiro atoms. The average Bonchev–Trinajstić information content (AvgIpc) is 2.93. The van der Waals surface area contributed by atoms with E-state index in [0.717, 1.165) is 30.3 Å². The molecule has 2 aromatic rings. The molecular weight excluding hydrogens is 216 g/mol. The first-order valence-corrected chi connectivity index (χ1v) is 5.81. The van der Waals surface area contributed by atoms with E-state index in [0.29, 0.717) is 12.6 Å². The molecule has 3 heterocycles. The Morgan fingerprint density at radius 1 is 1.59 bits per heavy atom. The molecule has 0 saturated carbocycles. The Morgan fingerprint density at radius 3 is 3.18 bits per heavy atom. The van der Waals surface area contributed by atoms with E-state index in [1.807, 2.05) is 28.6 Å². The molecule has 0 radical (unpaired) electrons. The lowest BCUT2D eigenvalue weighted by atomic mass is 10.2. The SMILES string of the molecule is Cn1ccnc1-c1cc2n(n1)C(CN)CCN2. The number of nitrogens with zero attached hydrogens (tertiary/aromatic N) is 4. The van der Waals surface area contributed by atoms with Crippen LogP contribution in [0.2, 0.25) is 0 Å². The van der Waals surface area contributed by atoms with E-state index in [4.69, 9.17) is 5.73 Å². The number of aryl methyl sites for hydroxylation is 1. The standard InChI is InChI=1S/C11H16N6/c1-16-5-4-14-11(16)9-6-10-13-3-2-8(7-12)17(10)15-9/h4-6,8,13H,2-3,7,12H2,1H3. The largest absolute Gasteiger partial charge is 0.370 e. The van der Waals surface area contributed by atoms with Gasteiger partial charge in [-0.25, -0.2) is 9.67 Å². The van der Waals surface area contributed by atoms with Crippen molar-refractivity contribution in [3.05, 3.63) is 18.5 Å². The van der Waals surface area contributed by atoms with Crippen LogP contribution in [0.15, 0.2) is 18.5 Å². The van der Waals surface area contributed by atoms with Crippen LogP contribution < -0.4 is 11.1 Å². The van der Waals surface area contributed by atoms with Crippen molar-refractivity contribution < 1.29 is 0 Å². The number of nitrogens with two attached hydrogens (primary N) is 1. The maximum Gasteiger partial charge on any atom is 0.160 e. The van der Waals surface area contributed by atoms with Crippen molar-refractivity contribution in [1.29, 1.82) is 0 Å². The summed E-state index contributed by atoms with van der Waals surface area (Å²) in [7, 11) is 1.97. The summed E-state index contributed by atoms with van der Waals surface area (Å²) < 4.78 is 3.94. The fourth-order valence-electron chi connectivity index (χ4n) is 2.23. The zero-order chi connectivity index (χ0) is 11.8. The van der Waals surface area contributed by atoms with Crippen molar-refractivity contribution in [1.82, 2.24) is 19.3 Å². The molecule has 90 valence electrons. The van der Waals surface area contributed by atoms with Crippen molar-refractivity contribution in [2.75, 3.05) is 18.4 Å². The van der Waals surface area contributed by atoms with Crippen molar-refractivity contribution in [3.63, 3.8) is 0 Å². The molecular formula is C11H16N6. The highest BCUT2D eigenvalue weighted by Gasteiger charge is 2.21. The van der Waals surface area contributed by atoms with Gasteiger partial charge in [0.1, 0.15) is 11.5 Å². The first kappa shape index (κ1) is 10.3. The van der Waals surface area contributed by atoms with Crippen LogP contribution in [0, 0.1) is 0 Å². The Labute approximate surface area is 99.4 Å². The number of anilines is 1. The van der Waals surface area contributed by atoms with Crippen LogP contribution in [-0.2, 0) is 7.05 Å². The summed E-state index contributed by atoms with van der Waals surface area (Å²) in [5.41, 5.74) is 6.66. The van der Waals surface area contributed by atoms with E-state index in [9.17, 15) is 0 Å². The maximum absolute atomic E-state index is 5.77. The molecule has 1 unspecified atom stereocenters. The van der Waals surface area contributed by atoms with Gasteiger partial charge in [0.25, 0.3) is 0 Å². The average molecular weight is 232 g/mol. The molecule has 0 bridgehead atoms. The second-order valence-electron chi connectivity index (χ2n) is 4.33. The van der Waals surface area contributed by atoms with Gasteiger partial charge in [-0.05, 0) is 6.42 Å². The predicted molar refractivity (Wildman–Crippen MR) is 65.6 cm³/mol. The van der Waals surface area contributed by atoms with Crippen molar-refractivity contribution in [3.8, 4) is 11.5 Å². The molecule has 0 fully saturated rings. The first-order valence-electron chi connectivity index (χ1n) is 5.81. The Morgan fingerprint density at radius 2 is 2.47 bits per heavy atom. The summed E-state index contributed by atoms with van der Waals surface area (Å²) in [6.45, 7) is 1.57. The van der Waals surface area contributed by atoms with Gasteiger partial charge in [0.15, 0.2) is 5.82 Å². The summed E-state index contributed by atoms with van der Waals surface area (Å²) in [6.07, 6.45) is 4.72. The summed E-state index contributed by atoms with van der Waals surface area (Å²) in [5.74, 6) is 1.91. The summed E-state index contributed by atoms with van der Waals surface area (Å²) in [4.78, 5) is 4.31. The van der Waals surface area contributed by atoms with Gasteiger partial charge in [-0.3, -0.25) is 0 Å². The quantitative estimate of drug-likeness (QED) is 0.795. The minimum Gasteiger partial charge on any atom is -0.370 e. The van der Waals surface area contributed by atoms with Crippen LogP contribution in [0.25, 0.3) is 11.5 Å². The van der Waals surface area contributed by atoms with Crippen LogP contribution >= 0.6 is 0 Å². The number of fused-ring (bicyclic) bond motifs is 1. The Hall–Kier alpha value is -1.82. The van der Waals surface area contributed by atoms with Gasteiger partial charge in [0.05, 0.1) is 6.04 Å². The minimum absolute atomic E-state index is 0.292. The zero-order valence-corrected chi connectivity index (χ0v) is 9.80. The summed E-state index contributed by atoms with van der Waals surface area (Å²) in [6, 6.07) is 2.32. The second-order valence-corrected chi connectivity index (χ2v) is 4.33. The lowest BCUT2D eigenvalue weighted by Crippen LogP contribution is -2.28. The van der Waals surface area contributed by atoms with Crippen LogP contribution in [0.1, 0.15) is 12.5 Å². The van der Waals surface area contributed by atoms with E-state index < -0.39 is 0 Å². The van der Waals surface area contributed by atoms with Gasteiger partial charge in [0, 0.05) is 38.6 Å². The van der Waals surface area contributed by atoms with E-state index in [1.165, 1.54) is 0 Å². The third kappa shape index (κ3) is 1.61. The second kappa shape index (κ2) is 3.89. The molecule has 0 aromatic carbocycles. The lowest BCUT2D eigenvalue weighted by Gasteiger charge is -2.24. The lowest BCUT2D eigenvalue weighted by molar-refractivity contribution is 0.428. The van der Waals surface area contributed by atoms with E-state index in [1.54, 1.807) is 6.20 Å². The van der Waals surface area contributed by atoms with Crippen LogP contribution in [-0.4, -0.2) is 32.4 Å². The number of nitrogens with one attached hydrogen (secondary N) is 1. The number of hydrogen-bond donors (Lipinski definition) is 2. The van der Waals surface area contributed by atoms with Crippen molar-refractivity contribution in [2.45, 2.75) is 12.5 Å². The van der Waals surface area contributed by atoms with Crippen molar-refractivity contribution in [2.24, 2.45) is 12.8 Å². The Balaban J connectivity index is 2.04. The van der Waals surface area contributed by atoms with E-state index in [-0.39, 0.29) is 0 Å². The predicted octanol–water partition coefficient (Wildman–Crippen LogP) is 0.599. The molecule has 1 atom stereocenters. The van der Waals surface area contributed by atoms with Crippen LogP contribution in [0.5, 0.6) is 0 Å². The monoisotopic (exact) mass is 232 g/mol. The molecule has 6 nitrogen and oxygen atoms in total. The van der Waals surface area contributed by atoms with Crippen LogP contribution in [0.4, 0.5) is 5.82 Å². The highest BCUT2D eigenvalue weighted by atomic mass is 15.4. The van der Waals surface area contributed by atoms with Crippen LogP contribution in [0.3, 0.4) is 0 Å². The summed E-state index contributed by atoms with van der Waals surface area (Å²) in [5, 5.41) is 7.93. The van der Waals surface area contributed by atoms with Gasteiger partial charge >= 0.3 is 0 Å². The molecule has 0 saturated heterocycles. The molecule has 2 aromatic heterocycles. The number of aromatic nitrogens is 4. The molecule has 6 heteroatoms. The Bertz CT molecular complexity index is 526. The Kier molecular flexibility index (Phi) is 2.36. The van der Waals surface area contributed by atoms with Gasteiger partial charge < -0.3 is 15.6 Å². The fraction of sp³-hybridized carbons (Fsp3) is 0.455. The normalized spacial score (nSPS) is 18.8. The highest BCUT2D eigenvalue weighted by molar-refractivity contribution is 5.57. The van der Waals surface area contributed by atoms with E-state index >= 15 is 0 Å². The number of hydrogen-bond acceptors (Lipinski definition) is 4. The van der Waals surface area contributed by atoms with Crippen molar-refractivity contribution >= 4 is 5.82 Å².